The number of ether oxygens (including phenoxy) is 11. The lowest BCUT2D eigenvalue weighted by molar-refractivity contribution is -0.222. The van der Waals surface area contributed by atoms with Crippen molar-refractivity contribution in [1.29, 1.82) is 0 Å². The second-order valence-corrected chi connectivity index (χ2v) is 40.7. The molecule has 0 spiro atoms. The van der Waals surface area contributed by atoms with E-state index in [0.717, 1.165) is 129 Å². The molecule has 2 aliphatic rings. The van der Waals surface area contributed by atoms with Gasteiger partial charge in [-0.25, -0.2) is 32.2 Å². The molecular weight excluding hydrogens is 2380 g/mol. The molecule has 2 saturated heterocycles. The minimum atomic E-state index is -3.89. The number of H-pyrrole nitrogens is 2. The van der Waals surface area contributed by atoms with Gasteiger partial charge < -0.3 is 73.1 Å². The minimum Gasteiger partial charge on any atom is -0.503 e. The van der Waals surface area contributed by atoms with E-state index in [1.54, 1.807) is 153 Å². The summed E-state index contributed by atoms with van der Waals surface area (Å²) in [5, 5.41) is 13.2. The van der Waals surface area contributed by atoms with Crippen LogP contribution in [-0.4, -0.2) is 151 Å². The van der Waals surface area contributed by atoms with Gasteiger partial charge in [0, 0.05) is 154 Å². The Bertz CT molecular complexity index is 7370. The molecule has 0 radical (unpaired) electrons. The topological polar surface area (TPSA) is 379 Å². The second-order valence-electron chi connectivity index (χ2n) is 29.7. The van der Waals surface area contributed by atoms with Crippen molar-refractivity contribution in [3.05, 3.63) is 317 Å². The number of urea groups is 1. The Balaban J connectivity index is 0.000000178. The lowest BCUT2D eigenvalue weighted by Gasteiger charge is -2.29. The van der Waals surface area contributed by atoms with Gasteiger partial charge in [0.25, 0.3) is 20.7 Å². The molecule has 5 N–H and O–H groups in total. The summed E-state index contributed by atoms with van der Waals surface area (Å²) in [6, 6.07) is 54.5. The third kappa shape index (κ3) is 31.9. The van der Waals surface area contributed by atoms with Crippen LogP contribution in [0.2, 0.25) is 20.1 Å². The molecule has 0 unspecified atom stereocenters. The minimum absolute atomic E-state index is 0.00968. The molecular formula is C98H87Br5Cl7N11O19S3. The molecule has 143 heavy (non-hydrogen) atoms. The van der Waals surface area contributed by atoms with Gasteiger partial charge in [0.1, 0.15) is 62.7 Å². The van der Waals surface area contributed by atoms with Crippen LogP contribution in [0.5, 0.6) is 46.0 Å². The first kappa shape index (κ1) is 115. The predicted octanol–water partition coefficient (Wildman–Crippen LogP) is 26.4. The van der Waals surface area contributed by atoms with Crippen molar-refractivity contribution in [2.75, 3.05) is 75.0 Å². The van der Waals surface area contributed by atoms with Crippen molar-refractivity contribution >= 4 is 293 Å². The fourth-order valence-corrected chi connectivity index (χ4v) is 18.9. The zero-order valence-electron chi connectivity index (χ0n) is 77.7. The number of thiazole rings is 1. The number of aromatic nitrogens is 7. The SMILES string of the molecule is CC1(C)C(=O)N(Cl)C(=O)N1Cl.COC=C1C(=O)OC(C)(C)OC1=O.COc1cc2c(=O)cc[nH]c2cc1Br.COc1cc2c(Cl)ccnc2cc1Br.COc1cc2c(Cl)ccnc2cc1Br.COc1cc2c(Cl)ccnc2cc1S(=O)(=O)Cl.COc1cc2c(Cl)ccnc2cc1SCc1ccccc1.COc1ccc(CNc2nccs2)cc1.COc1ccc(N)cc1Br.COc1ccc2[nH]ccc(=O)c2c1Br. The van der Waals surface area contributed by atoms with E-state index in [9.17, 15) is 37.2 Å². The first-order chi connectivity index (χ1) is 68.1. The number of nitrogens with zero attached hydrogens (tertiary/aromatic N) is 7. The van der Waals surface area contributed by atoms with Crippen molar-refractivity contribution in [3.63, 3.8) is 0 Å². The van der Waals surface area contributed by atoms with Gasteiger partial charge in [-0.1, -0.05) is 88.9 Å². The van der Waals surface area contributed by atoms with Gasteiger partial charge >= 0.3 is 18.0 Å². The van der Waals surface area contributed by atoms with Crippen LogP contribution in [0.1, 0.15) is 38.8 Å². The van der Waals surface area contributed by atoms with Crippen LogP contribution >= 0.6 is 183 Å². The van der Waals surface area contributed by atoms with Crippen LogP contribution in [0.4, 0.5) is 15.6 Å². The number of halogens is 12. The van der Waals surface area contributed by atoms with E-state index >= 15 is 0 Å². The Labute approximate surface area is 906 Å². The van der Waals surface area contributed by atoms with E-state index < -0.39 is 44.3 Å². The number of methoxy groups -OCH3 is 9. The summed E-state index contributed by atoms with van der Waals surface area (Å²) in [5.41, 5.74) is 12.0. The van der Waals surface area contributed by atoms with Crippen LogP contribution in [0.25, 0.3) is 65.4 Å². The summed E-state index contributed by atoms with van der Waals surface area (Å²) in [5.74, 6) is 3.21. The molecule has 16 aromatic rings. The average molecular weight is 2470 g/mol. The van der Waals surface area contributed by atoms with E-state index in [2.05, 4.69) is 149 Å². The predicted molar refractivity (Wildman–Crippen MR) is 584 cm³/mol. The van der Waals surface area contributed by atoms with Gasteiger partial charge in [-0.15, -0.1) is 23.1 Å². The zero-order chi connectivity index (χ0) is 105. The summed E-state index contributed by atoms with van der Waals surface area (Å²) < 4.78 is 83.4. The number of fused-ring (bicyclic) bond motifs is 6. The van der Waals surface area contributed by atoms with Gasteiger partial charge in [-0.05, 0) is 232 Å². The number of aromatic amines is 2. The van der Waals surface area contributed by atoms with E-state index in [1.807, 2.05) is 96.4 Å². The Hall–Kier alpha value is -11.2. The van der Waals surface area contributed by atoms with Gasteiger partial charge in [0.2, 0.25) is 0 Å². The van der Waals surface area contributed by atoms with Gasteiger partial charge in [-0.3, -0.25) is 34.3 Å². The number of amides is 3. The number of cyclic esters (lactones) is 2. The maximum absolute atomic E-state index is 11.6. The number of hydrogen-bond donors (Lipinski definition) is 4. The number of pyridine rings is 6. The van der Waals surface area contributed by atoms with Crippen molar-refractivity contribution in [3.8, 4) is 46.0 Å². The fourth-order valence-electron chi connectivity index (χ4n) is 12.4. The average Bonchev–Trinajstić information content (AvgIpc) is 1.61. The number of nitrogens with two attached hydrogens (primary N) is 1. The van der Waals surface area contributed by atoms with Crippen LogP contribution in [-0.2, 0) is 49.9 Å². The number of imide groups is 1. The number of benzene rings is 9. The summed E-state index contributed by atoms with van der Waals surface area (Å²) in [7, 11) is 15.5. The first-order valence-electron chi connectivity index (χ1n) is 41.2. The second kappa shape index (κ2) is 54.7. The maximum atomic E-state index is 11.6. The lowest BCUT2D eigenvalue weighted by Crippen LogP contribution is -2.41. The summed E-state index contributed by atoms with van der Waals surface area (Å²) in [6.45, 7) is 6.78. The van der Waals surface area contributed by atoms with Crippen LogP contribution in [0, 0.1) is 0 Å². The number of nitrogens with one attached hydrogen (secondary N) is 3. The molecule has 45 heteroatoms. The molecule has 9 heterocycles. The third-order valence-electron chi connectivity index (χ3n) is 19.5. The van der Waals surface area contributed by atoms with Crippen LogP contribution in [0.3, 0.4) is 0 Å². The monoisotopic (exact) mass is 2460 g/mol. The molecule has 0 atom stereocenters. The van der Waals surface area contributed by atoms with Crippen molar-refractivity contribution in [1.82, 2.24) is 43.7 Å². The highest BCUT2D eigenvalue weighted by Gasteiger charge is 2.51. The van der Waals surface area contributed by atoms with Crippen molar-refractivity contribution < 1.29 is 79.7 Å². The number of carbonyl (C=O) groups excluding carboxylic acids is 4. The molecule has 2 aliphatic heterocycles. The smallest absolute Gasteiger partial charge is 0.357 e. The fraction of sp³-hybridized carbons (Fsp3) is 0.173. The summed E-state index contributed by atoms with van der Waals surface area (Å²) in [6.07, 6.45) is 12.6. The maximum Gasteiger partial charge on any atom is 0.357 e. The van der Waals surface area contributed by atoms with Crippen LogP contribution < -0.4 is 59.8 Å². The van der Waals surface area contributed by atoms with Gasteiger partial charge in [-0.2, -0.15) is 4.42 Å². The number of rotatable bonds is 16. The van der Waals surface area contributed by atoms with E-state index in [4.69, 9.17) is 134 Å². The highest BCUT2D eigenvalue weighted by molar-refractivity contribution is 9.11. The molecule has 9 aromatic carbocycles. The molecule has 0 saturated carbocycles. The highest BCUT2D eigenvalue weighted by Crippen LogP contribution is 2.41. The number of hydrogen-bond acceptors (Lipinski definition) is 28. The number of nitrogen functional groups attached to an aromatic ring is 1. The third-order valence-corrected chi connectivity index (χ3v) is 28.2. The number of anilines is 2. The molecule has 750 valence electrons. The Morgan fingerprint density at radius 2 is 0.937 bits per heavy atom. The molecule has 2 fully saturated rings. The standard InChI is InChI=1S/C17H14ClNOS.C11H12N2OS.2C10H7BrClNO.2C10H8BrNO2.C10H7Cl2NO3S.C8H10O5.C7H8BrNO.C5H6Cl2N2O2/c1-20-16-9-13-14(18)7-8-19-15(13)10-17(16)21-11-12-5-3-2-4-6-12;1-14-10-4-2-9(3-5-10)8-13-11-12-6-7-15-11;2*1-14-10-4-6-8(12)2-3-13-9(6)5-7(10)11;1-14-10-4-6-8(5-7(10)11)12-3-2-9(6)13;1-14-8-3-2-6-9(10(8)11)7(13)4-5-12-6;1-16-9-4-6-7(11)2-3-13-8(6)5-10(9)17(12,14)15;1-8(2)12-6(9)5(4-11-3)7(10)13-8;1-10-7-3-2-5(9)4-6(7)8;1-5(2)3(10)8(6)4(11)9(5)7/h2-10H,11H2,1H3;2-7H,8H2,1H3,(H,12,13);2*2-5H,1H3;2*2-5H,1H3,(H,12,13);2-5H,1H3;4H,1-3H3;2-4H,9H2,1H3;1-2H3. The molecule has 3 amide bonds. The molecule has 30 nitrogen and oxygen atoms in total. The van der Waals surface area contributed by atoms with Crippen molar-refractivity contribution in [2.45, 2.75) is 61.1 Å². The number of carbonyl (C=O) groups is 4. The van der Waals surface area contributed by atoms with E-state index in [0.29, 0.717) is 62.2 Å². The molecule has 7 aromatic heterocycles. The van der Waals surface area contributed by atoms with Gasteiger partial charge in [0.05, 0.1) is 150 Å². The number of thioether (sulfide) groups is 1. The lowest BCUT2D eigenvalue weighted by atomic mass is 10.1. The van der Waals surface area contributed by atoms with Gasteiger partial charge in [0.15, 0.2) is 21.6 Å². The summed E-state index contributed by atoms with van der Waals surface area (Å²) in [4.78, 5) is 95.2. The quantitative estimate of drug-likeness (QED) is 0.00803. The first-order valence-corrected chi connectivity index (χ1v) is 51.6. The largest absolute Gasteiger partial charge is 0.503 e. The molecule has 0 bridgehead atoms. The van der Waals surface area contributed by atoms with Crippen molar-refractivity contribution in [2.24, 2.45) is 0 Å². The highest BCUT2D eigenvalue weighted by atomic mass is 79.9. The Morgan fingerprint density at radius 1 is 0.483 bits per heavy atom. The van der Waals surface area contributed by atoms with E-state index in [1.165, 1.54) is 83.5 Å². The Kier molecular flexibility index (Phi) is 44.1. The Morgan fingerprint density at radius 3 is 1.38 bits per heavy atom. The molecule has 18 rings (SSSR count). The number of esters is 2. The normalized spacial score (nSPS) is 12.4. The summed E-state index contributed by atoms with van der Waals surface area (Å²) >= 11 is 55.2. The van der Waals surface area contributed by atoms with E-state index in [-0.39, 0.29) is 27.1 Å². The zero-order valence-corrected chi connectivity index (χ0v) is 93.3. The molecule has 0 aliphatic carbocycles. The van der Waals surface area contributed by atoms with Crippen LogP contribution in [0.15, 0.2) is 284 Å².